The number of nitrogens with one attached hydrogen (secondary N) is 1. The second-order valence-corrected chi connectivity index (χ2v) is 11.4. The van der Waals surface area contributed by atoms with Gasteiger partial charge in [-0.2, -0.15) is 0 Å². The average molecular weight is 539 g/mol. The number of methoxy groups -OCH3 is 1. The van der Waals surface area contributed by atoms with Gasteiger partial charge >= 0.3 is 6.09 Å². The van der Waals surface area contributed by atoms with Crippen LogP contribution in [0.2, 0.25) is 0 Å². The Kier molecular flexibility index (Phi) is 6.96. The molecule has 4 bridgehead atoms. The predicted molar refractivity (Wildman–Crippen MR) is 145 cm³/mol. The van der Waals surface area contributed by atoms with E-state index in [0.29, 0.717) is 35.6 Å². The molecule has 0 radical (unpaired) electrons. The molecule has 2 aromatic heterocycles. The SMILES string of the molecule is COC1CN(C)C(=O)[C@@H]2C[C@@H](CN2C(=O)OC(C)(C)C)Nc2cc(C)cc(n2)-c2cc(F)cc3ncn(c23)C1. The number of likely N-dealkylation sites (N-methyl/N-ethyl adjacent to an activating group) is 1. The number of pyridine rings is 1. The molecule has 3 atom stereocenters. The number of carbonyl (C=O) groups excluding carboxylic acids is 2. The van der Waals surface area contributed by atoms with Crippen molar-refractivity contribution in [2.24, 2.45) is 0 Å². The highest BCUT2D eigenvalue weighted by Gasteiger charge is 2.43. The fourth-order valence-corrected chi connectivity index (χ4v) is 5.37. The Labute approximate surface area is 227 Å². The minimum atomic E-state index is -0.708. The van der Waals surface area contributed by atoms with Crippen molar-refractivity contribution in [3.63, 3.8) is 0 Å². The maximum atomic E-state index is 14.7. The highest BCUT2D eigenvalue weighted by atomic mass is 19.1. The molecule has 4 heterocycles. The molecule has 1 saturated heterocycles. The Balaban J connectivity index is 1.61. The number of ether oxygens (including phenoxy) is 2. The van der Waals surface area contributed by atoms with Gasteiger partial charge in [0.15, 0.2) is 0 Å². The van der Waals surface area contributed by atoms with Crippen LogP contribution in [-0.4, -0.2) is 87.4 Å². The first-order chi connectivity index (χ1) is 18.4. The summed E-state index contributed by atoms with van der Waals surface area (Å²) in [5.41, 5.74) is 2.69. The van der Waals surface area contributed by atoms with Crippen LogP contribution in [0.1, 0.15) is 32.8 Å². The van der Waals surface area contributed by atoms with Crippen molar-refractivity contribution in [1.82, 2.24) is 24.3 Å². The number of nitrogens with zero attached hydrogens (tertiary/aromatic N) is 5. The Bertz CT molecular complexity index is 1420. The van der Waals surface area contributed by atoms with E-state index >= 15 is 0 Å². The van der Waals surface area contributed by atoms with Gasteiger partial charge in [-0.15, -0.1) is 0 Å². The van der Waals surface area contributed by atoms with E-state index in [0.717, 1.165) is 11.1 Å². The largest absolute Gasteiger partial charge is 0.444 e. The lowest BCUT2D eigenvalue weighted by Crippen LogP contribution is -2.49. The minimum Gasteiger partial charge on any atom is -0.444 e. The summed E-state index contributed by atoms with van der Waals surface area (Å²) in [4.78, 5) is 39.2. The van der Waals surface area contributed by atoms with Crippen molar-refractivity contribution in [3.8, 4) is 11.3 Å². The zero-order valence-electron chi connectivity index (χ0n) is 23.2. The van der Waals surface area contributed by atoms with Gasteiger partial charge in [-0.3, -0.25) is 9.69 Å². The molecule has 2 aliphatic rings. The third-order valence-electron chi connectivity index (χ3n) is 7.08. The Morgan fingerprint density at radius 3 is 2.64 bits per heavy atom. The number of aromatic nitrogens is 3. The third-order valence-corrected chi connectivity index (χ3v) is 7.08. The summed E-state index contributed by atoms with van der Waals surface area (Å²) in [5.74, 6) is -0.0225. The van der Waals surface area contributed by atoms with Crippen molar-refractivity contribution >= 4 is 28.9 Å². The van der Waals surface area contributed by atoms with Crippen LogP contribution in [0.3, 0.4) is 0 Å². The first-order valence-electron chi connectivity index (χ1n) is 13.1. The van der Waals surface area contributed by atoms with E-state index in [9.17, 15) is 14.0 Å². The summed E-state index contributed by atoms with van der Waals surface area (Å²) < 4.78 is 28.0. The molecule has 3 aromatic rings. The standard InChI is InChI=1S/C28H35FN6O4/c1-16-7-21-20-9-17(29)10-22-25(20)34(15-30-22)14-19(38-6)13-33(5)26(36)23-11-18(31-24(8-16)32-21)12-35(23)27(37)39-28(2,3)4/h7-10,15,18-19,23H,11-14H2,1-6H3,(H,31,32)/t18-,19?,23-/m0/s1. The van der Waals surface area contributed by atoms with Gasteiger partial charge in [-0.25, -0.2) is 19.2 Å². The molecular weight excluding hydrogens is 503 g/mol. The predicted octanol–water partition coefficient (Wildman–Crippen LogP) is 3.82. The molecule has 2 aliphatic heterocycles. The second-order valence-electron chi connectivity index (χ2n) is 11.4. The first kappa shape index (κ1) is 26.9. The summed E-state index contributed by atoms with van der Waals surface area (Å²) in [5, 5.41) is 3.42. The summed E-state index contributed by atoms with van der Waals surface area (Å²) in [6.45, 7) is 8.28. The van der Waals surface area contributed by atoms with Gasteiger partial charge in [0, 0.05) is 44.9 Å². The molecule has 0 spiro atoms. The molecule has 1 aromatic carbocycles. The zero-order valence-corrected chi connectivity index (χ0v) is 23.2. The van der Waals surface area contributed by atoms with E-state index in [1.54, 1.807) is 46.2 Å². The molecule has 208 valence electrons. The topological polar surface area (TPSA) is 102 Å². The van der Waals surface area contributed by atoms with E-state index in [1.807, 2.05) is 23.6 Å². The molecule has 2 amide bonds. The number of carbonyl (C=O) groups is 2. The second kappa shape index (κ2) is 10.1. The number of benzene rings is 1. The van der Waals surface area contributed by atoms with Crippen molar-refractivity contribution in [2.45, 2.75) is 64.4 Å². The highest BCUT2D eigenvalue weighted by molar-refractivity contribution is 5.92. The van der Waals surface area contributed by atoms with Crippen LogP contribution in [0.15, 0.2) is 30.6 Å². The third kappa shape index (κ3) is 5.54. The quantitative estimate of drug-likeness (QED) is 0.503. The molecular formula is C28H35FN6O4. The molecule has 0 aliphatic carbocycles. The summed E-state index contributed by atoms with van der Waals surface area (Å²) in [6.07, 6.45) is 1.12. The van der Waals surface area contributed by atoms with Gasteiger partial charge in [0.25, 0.3) is 0 Å². The summed E-state index contributed by atoms with van der Waals surface area (Å²) in [7, 11) is 3.30. The van der Waals surface area contributed by atoms with Gasteiger partial charge in [0.2, 0.25) is 5.91 Å². The maximum absolute atomic E-state index is 14.7. The summed E-state index contributed by atoms with van der Waals surface area (Å²) >= 11 is 0. The molecule has 0 saturated carbocycles. The highest BCUT2D eigenvalue weighted by Crippen LogP contribution is 2.32. The fourth-order valence-electron chi connectivity index (χ4n) is 5.37. The molecule has 39 heavy (non-hydrogen) atoms. The zero-order chi connectivity index (χ0) is 28.1. The lowest BCUT2D eigenvalue weighted by atomic mass is 10.1. The first-order valence-corrected chi connectivity index (χ1v) is 13.1. The maximum Gasteiger partial charge on any atom is 0.411 e. The van der Waals surface area contributed by atoms with Crippen LogP contribution < -0.4 is 5.32 Å². The van der Waals surface area contributed by atoms with E-state index < -0.39 is 23.6 Å². The lowest BCUT2D eigenvalue weighted by molar-refractivity contribution is -0.136. The van der Waals surface area contributed by atoms with Crippen LogP contribution in [0, 0.1) is 12.7 Å². The molecule has 1 unspecified atom stereocenters. The molecule has 1 N–H and O–H groups in total. The monoisotopic (exact) mass is 538 g/mol. The van der Waals surface area contributed by atoms with Crippen molar-refractivity contribution in [3.05, 3.63) is 42.0 Å². The van der Waals surface area contributed by atoms with E-state index in [2.05, 4.69) is 10.3 Å². The molecule has 10 nitrogen and oxygen atoms in total. The number of likely N-dealkylation sites (tertiary alicyclic amines) is 1. The number of amides is 2. The Morgan fingerprint density at radius 1 is 1.15 bits per heavy atom. The van der Waals surface area contributed by atoms with Crippen LogP contribution in [-0.2, 0) is 20.8 Å². The van der Waals surface area contributed by atoms with Gasteiger partial charge in [0.1, 0.15) is 23.3 Å². The van der Waals surface area contributed by atoms with Crippen LogP contribution in [0.25, 0.3) is 22.3 Å². The normalized spacial score (nSPS) is 21.9. The number of aryl methyl sites for hydroxylation is 1. The number of rotatable bonds is 1. The molecule has 11 heteroatoms. The van der Waals surface area contributed by atoms with E-state index in [1.165, 1.54) is 17.0 Å². The number of anilines is 1. The van der Waals surface area contributed by atoms with Crippen molar-refractivity contribution < 1.29 is 23.5 Å². The van der Waals surface area contributed by atoms with Crippen LogP contribution in [0.5, 0.6) is 0 Å². The number of fused-ring (bicyclic) bond motifs is 5. The number of hydrogen-bond donors (Lipinski definition) is 1. The Hall–Kier alpha value is -3.73. The van der Waals surface area contributed by atoms with Gasteiger partial charge in [-0.1, -0.05) is 0 Å². The van der Waals surface area contributed by atoms with Crippen molar-refractivity contribution in [1.29, 1.82) is 0 Å². The van der Waals surface area contributed by atoms with E-state index in [-0.39, 0.29) is 31.1 Å². The Morgan fingerprint density at radius 2 is 1.92 bits per heavy atom. The van der Waals surface area contributed by atoms with Crippen LogP contribution in [0.4, 0.5) is 15.0 Å². The number of imidazole rings is 1. The van der Waals surface area contributed by atoms with Crippen LogP contribution >= 0.6 is 0 Å². The van der Waals surface area contributed by atoms with E-state index in [4.69, 9.17) is 14.5 Å². The number of halogens is 1. The fraction of sp³-hybridized carbons (Fsp3) is 0.500. The van der Waals surface area contributed by atoms with Crippen molar-refractivity contribution in [2.75, 3.05) is 32.6 Å². The molecule has 1 fully saturated rings. The number of hydrogen-bond acceptors (Lipinski definition) is 7. The van der Waals surface area contributed by atoms with Gasteiger partial charge in [0.05, 0.1) is 35.7 Å². The smallest absolute Gasteiger partial charge is 0.411 e. The average Bonchev–Trinajstić information content (AvgIpc) is 3.44. The summed E-state index contributed by atoms with van der Waals surface area (Å²) in [6, 6.07) is 5.72. The van der Waals surface area contributed by atoms with Gasteiger partial charge in [-0.05, 0) is 57.9 Å². The van der Waals surface area contributed by atoms with Gasteiger partial charge < -0.3 is 24.3 Å². The molecule has 5 rings (SSSR count). The lowest BCUT2D eigenvalue weighted by Gasteiger charge is -2.31. The minimum absolute atomic E-state index is 0.196.